The van der Waals surface area contributed by atoms with Crippen LogP contribution in [-0.4, -0.2) is 38.8 Å². The summed E-state index contributed by atoms with van der Waals surface area (Å²) in [6.45, 7) is 1.32. The lowest BCUT2D eigenvalue weighted by Crippen LogP contribution is -2.28. The number of aryl methyl sites for hydroxylation is 1. The van der Waals surface area contributed by atoms with Crippen molar-refractivity contribution in [1.82, 2.24) is 19.9 Å². The molecule has 1 fully saturated rings. The van der Waals surface area contributed by atoms with E-state index in [9.17, 15) is 9.59 Å². The Morgan fingerprint density at radius 3 is 2.71 bits per heavy atom. The van der Waals surface area contributed by atoms with Crippen molar-refractivity contribution < 1.29 is 4.79 Å². The summed E-state index contributed by atoms with van der Waals surface area (Å²) < 4.78 is 0. The molecule has 4 rings (SSSR count). The Morgan fingerprint density at radius 2 is 1.93 bits per heavy atom. The number of hydrogen-bond donors (Lipinski definition) is 1. The fraction of sp³-hybridized carbons (Fsp3) is 0.273. The Labute approximate surface area is 163 Å². The molecular weight excluding hydrogens is 352 g/mol. The lowest BCUT2D eigenvalue weighted by atomic mass is 10.0. The number of carbonyl (C=O) groups is 1. The van der Waals surface area contributed by atoms with Crippen LogP contribution in [0.1, 0.15) is 30.0 Å². The molecule has 1 amide bonds. The molecule has 0 spiro atoms. The predicted molar refractivity (Wildman–Crippen MR) is 107 cm³/mol. The molecule has 1 N–H and O–H groups in total. The van der Waals surface area contributed by atoms with Gasteiger partial charge < -0.3 is 9.88 Å². The summed E-state index contributed by atoms with van der Waals surface area (Å²) in [6.07, 6.45) is 5.41. The second-order valence-electron chi connectivity index (χ2n) is 7.07. The predicted octanol–water partition coefficient (Wildman–Crippen LogP) is 2.78. The van der Waals surface area contributed by atoms with Crippen LogP contribution in [0.3, 0.4) is 0 Å². The van der Waals surface area contributed by atoms with Crippen LogP contribution in [0.25, 0.3) is 11.4 Å². The van der Waals surface area contributed by atoms with Crippen LogP contribution >= 0.6 is 0 Å². The highest BCUT2D eigenvalue weighted by Crippen LogP contribution is 2.27. The minimum absolute atomic E-state index is 0.0866. The van der Waals surface area contributed by atoms with E-state index in [-0.39, 0.29) is 17.4 Å². The highest BCUT2D eigenvalue weighted by Gasteiger charge is 2.28. The number of aromatic amines is 1. The second-order valence-corrected chi connectivity index (χ2v) is 7.07. The van der Waals surface area contributed by atoms with Crippen LogP contribution in [-0.2, 0) is 11.2 Å². The molecule has 3 aromatic rings. The van der Waals surface area contributed by atoms with Gasteiger partial charge in [0.25, 0.3) is 5.56 Å². The summed E-state index contributed by atoms with van der Waals surface area (Å²) in [4.78, 5) is 38.0. The lowest BCUT2D eigenvalue weighted by molar-refractivity contribution is -0.130. The number of nitrogens with zero attached hydrogens (tertiary/aromatic N) is 3. The van der Waals surface area contributed by atoms with E-state index in [1.807, 2.05) is 47.4 Å². The van der Waals surface area contributed by atoms with Crippen molar-refractivity contribution in [2.24, 2.45) is 0 Å². The Hall–Kier alpha value is -3.28. The maximum absolute atomic E-state index is 12.6. The number of H-pyrrole nitrogens is 1. The standard InChI is InChI=1S/C22H22N4O2/c27-20-14-19(24-22(25-20)17-8-11-23-12-9-17)18-10-13-26(15-18)21(28)7-6-16-4-2-1-3-5-16/h1-5,8-9,11-12,14,18H,6-7,10,13,15H2,(H,24,25,27)/t18-/m1/s1. The first-order valence-electron chi connectivity index (χ1n) is 9.52. The summed E-state index contributed by atoms with van der Waals surface area (Å²) in [7, 11) is 0. The third-order valence-electron chi connectivity index (χ3n) is 5.14. The van der Waals surface area contributed by atoms with Crippen molar-refractivity contribution >= 4 is 5.91 Å². The van der Waals surface area contributed by atoms with Crippen LogP contribution in [0.15, 0.2) is 65.7 Å². The van der Waals surface area contributed by atoms with Crippen molar-refractivity contribution in [1.29, 1.82) is 0 Å². The second kappa shape index (κ2) is 8.17. The van der Waals surface area contributed by atoms with E-state index in [0.717, 1.165) is 24.1 Å². The molecule has 142 valence electrons. The number of likely N-dealkylation sites (tertiary alicyclic amines) is 1. The summed E-state index contributed by atoms with van der Waals surface area (Å²) in [6, 6.07) is 15.2. The van der Waals surface area contributed by atoms with Gasteiger partial charge in [-0.15, -0.1) is 0 Å². The van der Waals surface area contributed by atoms with Gasteiger partial charge in [0.1, 0.15) is 5.82 Å². The molecule has 1 saturated heterocycles. The van der Waals surface area contributed by atoms with E-state index in [2.05, 4.69) is 15.0 Å². The quantitative estimate of drug-likeness (QED) is 0.745. The fourth-order valence-corrected chi connectivity index (χ4v) is 3.61. The lowest BCUT2D eigenvalue weighted by Gasteiger charge is -2.16. The van der Waals surface area contributed by atoms with Crippen molar-refractivity contribution in [2.45, 2.75) is 25.2 Å². The molecule has 0 saturated carbocycles. The molecule has 28 heavy (non-hydrogen) atoms. The number of hydrogen-bond acceptors (Lipinski definition) is 4. The van der Waals surface area contributed by atoms with Gasteiger partial charge in [0.2, 0.25) is 5.91 Å². The average Bonchev–Trinajstić information content (AvgIpc) is 3.23. The largest absolute Gasteiger partial charge is 0.342 e. The average molecular weight is 374 g/mol. The number of nitrogens with one attached hydrogen (secondary N) is 1. The molecule has 1 aromatic carbocycles. The summed E-state index contributed by atoms with van der Waals surface area (Å²) in [5.41, 5.74) is 2.56. The van der Waals surface area contributed by atoms with Gasteiger partial charge in [-0.2, -0.15) is 0 Å². The van der Waals surface area contributed by atoms with Crippen LogP contribution in [0, 0.1) is 0 Å². The van der Waals surface area contributed by atoms with Crippen molar-refractivity contribution in [3.05, 3.63) is 82.5 Å². The number of amides is 1. The zero-order valence-corrected chi connectivity index (χ0v) is 15.5. The van der Waals surface area contributed by atoms with E-state index in [1.54, 1.807) is 18.5 Å². The van der Waals surface area contributed by atoms with E-state index in [4.69, 9.17) is 0 Å². The van der Waals surface area contributed by atoms with Gasteiger partial charge in [0.15, 0.2) is 0 Å². The van der Waals surface area contributed by atoms with Gasteiger partial charge in [-0.25, -0.2) is 4.98 Å². The van der Waals surface area contributed by atoms with Gasteiger partial charge in [-0.1, -0.05) is 30.3 Å². The Morgan fingerprint density at radius 1 is 1.14 bits per heavy atom. The van der Waals surface area contributed by atoms with Crippen molar-refractivity contribution in [3.8, 4) is 11.4 Å². The monoisotopic (exact) mass is 374 g/mol. The Balaban J connectivity index is 1.43. The molecule has 0 radical (unpaired) electrons. The third kappa shape index (κ3) is 4.17. The molecule has 6 nitrogen and oxygen atoms in total. The summed E-state index contributed by atoms with van der Waals surface area (Å²) >= 11 is 0. The number of pyridine rings is 1. The van der Waals surface area contributed by atoms with Gasteiger partial charge in [-0.05, 0) is 30.5 Å². The Kier molecular flexibility index (Phi) is 5.28. The van der Waals surface area contributed by atoms with E-state index in [1.165, 1.54) is 5.56 Å². The molecule has 0 unspecified atom stereocenters. The van der Waals surface area contributed by atoms with E-state index in [0.29, 0.717) is 25.3 Å². The highest BCUT2D eigenvalue weighted by atomic mass is 16.2. The normalized spacial score (nSPS) is 16.3. The SMILES string of the molecule is O=C(CCc1ccccc1)N1CC[C@@H](c2cc(=O)[nH]c(-c3ccncc3)n2)C1. The van der Waals surface area contributed by atoms with Gasteiger partial charge in [-0.3, -0.25) is 14.6 Å². The molecule has 1 atom stereocenters. The number of aromatic nitrogens is 3. The first kappa shape index (κ1) is 18.1. The first-order valence-corrected chi connectivity index (χ1v) is 9.52. The molecule has 3 heterocycles. The van der Waals surface area contributed by atoms with Gasteiger partial charge in [0, 0.05) is 49.5 Å². The third-order valence-corrected chi connectivity index (χ3v) is 5.14. The van der Waals surface area contributed by atoms with E-state index < -0.39 is 0 Å². The number of rotatable bonds is 5. The maximum atomic E-state index is 12.6. The molecule has 2 aromatic heterocycles. The molecule has 6 heteroatoms. The zero-order valence-electron chi connectivity index (χ0n) is 15.5. The van der Waals surface area contributed by atoms with Gasteiger partial charge >= 0.3 is 0 Å². The maximum Gasteiger partial charge on any atom is 0.251 e. The first-order chi connectivity index (χ1) is 13.7. The minimum atomic E-state index is -0.175. The van der Waals surface area contributed by atoms with Gasteiger partial charge in [0.05, 0.1) is 5.69 Å². The molecular formula is C22H22N4O2. The molecule has 0 bridgehead atoms. The smallest absolute Gasteiger partial charge is 0.251 e. The highest BCUT2D eigenvalue weighted by molar-refractivity contribution is 5.76. The number of carbonyl (C=O) groups excluding carboxylic acids is 1. The number of benzene rings is 1. The van der Waals surface area contributed by atoms with Crippen molar-refractivity contribution in [2.75, 3.05) is 13.1 Å². The Bertz CT molecular complexity index is 1000. The summed E-state index contributed by atoms with van der Waals surface area (Å²) in [5.74, 6) is 0.785. The van der Waals surface area contributed by atoms with Crippen LogP contribution in [0.4, 0.5) is 0 Å². The van der Waals surface area contributed by atoms with E-state index >= 15 is 0 Å². The summed E-state index contributed by atoms with van der Waals surface area (Å²) in [5, 5.41) is 0. The van der Waals surface area contributed by atoms with Crippen LogP contribution in [0.5, 0.6) is 0 Å². The van der Waals surface area contributed by atoms with Crippen LogP contribution in [0.2, 0.25) is 0 Å². The molecule has 1 aliphatic rings. The van der Waals surface area contributed by atoms with Crippen LogP contribution < -0.4 is 5.56 Å². The van der Waals surface area contributed by atoms with Crippen molar-refractivity contribution in [3.63, 3.8) is 0 Å². The fourth-order valence-electron chi connectivity index (χ4n) is 3.61. The molecule has 1 aliphatic heterocycles. The minimum Gasteiger partial charge on any atom is -0.342 e. The topological polar surface area (TPSA) is 79.0 Å². The zero-order chi connectivity index (χ0) is 19.3. The molecule has 0 aliphatic carbocycles.